The molecule has 6 heteroatoms. The summed E-state index contributed by atoms with van der Waals surface area (Å²) in [5, 5.41) is 3.56. The number of hydrogen-bond donors (Lipinski definition) is 0. The topological polar surface area (TPSA) is 43.9 Å². The summed E-state index contributed by atoms with van der Waals surface area (Å²) in [5.41, 5.74) is 21.8. The van der Waals surface area contributed by atoms with E-state index in [-0.39, 0.29) is 42.8 Å². The first kappa shape index (κ1) is 55.0. The molecular weight excluding hydrogens is 1170 g/mol. The molecule has 8 aromatic carbocycles. The van der Waals surface area contributed by atoms with Crippen LogP contribution in [0.4, 0.5) is 0 Å². The van der Waals surface area contributed by atoms with Crippen molar-refractivity contribution in [2.75, 3.05) is 0 Å². The van der Waals surface area contributed by atoms with Gasteiger partial charge in [0.15, 0.2) is 0 Å². The molecule has 2 aliphatic rings. The molecule has 0 N–H and O–H groups in total. The molecule has 4 nitrogen and oxygen atoms in total. The molecule has 1 fully saturated rings. The van der Waals surface area contributed by atoms with Gasteiger partial charge in [0, 0.05) is 37.4 Å². The fraction of sp³-hybridized carbons (Fsp3) is 0.270. The number of nitrogens with zero attached hydrogens (tertiary/aromatic N) is 3. The molecule has 0 bridgehead atoms. The smallest absolute Gasteiger partial charge is 0.121 e. The zero-order valence-electron chi connectivity index (χ0n) is 48.0. The van der Waals surface area contributed by atoms with E-state index >= 15 is 0 Å². The van der Waals surface area contributed by atoms with Gasteiger partial charge >= 0.3 is 0 Å². The maximum atomic E-state index is 6.91. The summed E-state index contributed by atoms with van der Waals surface area (Å²) in [6, 6.07) is 70.3. The molecule has 3 heterocycles. The first-order valence-electron chi connectivity index (χ1n) is 28.9. The zero-order chi connectivity index (χ0) is 54.6. The Morgan fingerprint density at radius 1 is 0.600 bits per heavy atom. The summed E-state index contributed by atoms with van der Waals surface area (Å²) in [5.74, 6) is 1.31. The number of para-hydroxylation sites is 2. The minimum atomic E-state index is -1.23. The Kier molecular flexibility index (Phi) is 15.2. The summed E-state index contributed by atoms with van der Waals surface area (Å²) in [4.78, 5) is 10.0. The normalized spacial score (nSPS) is 14.8. The molecule has 0 aliphatic heterocycles. The van der Waals surface area contributed by atoms with Crippen molar-refractivity contribution < 1.29 is 24.5 Å². The van der Waals surface area contributed by atoms with Crippen LogP contribution in [0.3, 0.4) is 0 Å². The van der Waals surface area contributed by atoms with Crippen molar-refractivity contribution in [2.24, 2.45) is 0 Å². The van der Waals surface area contributed by atoms with Crippen LogP contribution >= 0.6 is 0 Å². The number of furan rings is 1. The van der Waals surface area contributed by atoms with Gasteiger partial charge in [-0.05, 0) is 145 Å². The van der Waals surface area contributed by atoms with E-state index in [9.17, 15) is 0 Å². The van der Waals surface area contributed by atoms with Crippen LogP contribution in [0.2, 0.25) is 19.6 Å². The maximum Gasteiger partial charge on any atom is 0.121 e. The van der Waals surface area contributed by atoms with E-state index < -0.39 is 8.07 Å². The molecule has 1 spiro atoms. The number of benzene rings is 8. The van der Waals surface area contributed by atoms with Crippen molar-refractivity contribution in [3.05, 3.63) is 217 Å². The van der Waals surface area contributed by atoms with Gasteiger partial charge in [0.1, 0.15) is 5.58 Å². The third-order valence-electron chi connectivity index (χ3n) is 17.5. The molecule has 2 aliphatic carbocycles. The second kappa shape index (κ2) is 22.2. The summed E-state index contributed by atoms with van der Waals surface area (Å²) in [6.45, 7) is 21.4. The van der Waals surface area contributed by atoms with E-state index in [0.717, 1.165) is 61.2 Å². The fourth-order valence-corrected chi connectivity index (χ4v) is 14.1. The molecule has 3 aromatic heterocycles. The van der Waals surface area contributed by atoms with Crippen molar-refractivity contribution in [2.45, 2.75) is 129 Å². The maximum absolute atomic E-state index is 6.91. The van der Waals surface area contributed by atoms with Crippen LogP contribution in [0, 0.1) is 12.1 Å². The summed E-state index contributed by atoms with van der Waals surface area (Å²) in [7, 11) is -1.23. The number of rotatable bonds is 9. The van der Waals surface area contributed by atoms with Gasteiger partial charge in [0.25, 0.3) is 0 Å². The Morgan fingerprint density at radius 2 is 1.29 bits per heavy atom. The van der Waals surface area contributed by atoms with Gasteiger partial charge in [-0.1, -0.05) is 201 Å². The van der Waals surface area contributed by atoms with Gasteiger partial charge < -0.3 is 14.0 Å². The van der Waals surface area contributed by atoms with Crippen molar-refractivity contribution in [1.82, 2.24) is 14.5 Å². The molecule has 1 radical (unpaired) electrons. The predicted molar refractivity (Wildman–Crippen MR) is 336 cm³/mol. The van der Waals surface area contributed by atoms with E-state index in [0.29, 0.717) is 0 Å². The second-order valence-electron chi connectivity index (χ2n) is 24.8. The van der Waals surface area contributed by atoms with Crippen LogP contribution in [0.15, 0.2) is 187 Å². The summed E-state index contributed by atoms with van der Waals surface area (Å²) >= 11 is 0. The van der Waals surface area contributed by atoms with Gasteiger partial charge in [-0.3, -0.25) is 4.98 Å². The second-order valence-corrected chi connectivity index (χ2v) is 29.9. The Bertz CT molecular complexity index is 3960. The van der Waals surface area contributed by atoms with Gasteiger partial charge in [-0.25, -0.2) is 0 Å². The molecule has 0 unspecified atom stereocenters. The molecule has 0 atom stereocenters. The number of fused-ring (bicyclic) bond motifs is 6. The van der Waals surface area contributed by atoms with Crippen molar-refractivity contribution >= 4 is 46.2 Å². The Morgan fingerprint density at radius 3 is 1.95 bits per heavy atom. The molecular formula is C74H73IrN3OSi-2. The molecule has 0 amide bonds. The van der Waals surface area contributed by atoms with E-state index in [4.69, 9.17) is 9.40 Å². The van der Waals surface area contributed by atoms with Gasteiger partial charge in [-0.15, -0.1) is 54.1 Å². The third-order valence-corrected chi connectivity index (χ3v) is 19.5. The molecule has 11 aromatic rings. The van der Waals surface area contributed by atoms with Gasteiger partial charge in [0.2, 0.25) is 0 Å². The summed E-state index contributed by atoms with van der Waals surface area (Å²) < 4.78 is 9.36. The van der Waals surface area contributed by atoms with Crippen LogP contribution < -0.4 is 5.19 Å². The van der Waals surface area contributed by atoms with Crippen molar-refractivity contribution in [3.8, 4) is 61.7 Å². The fourth-order valence-electron chi connectivity index (χ4n) is 13.1. The SMILES string of the molecule is CC(C)c1cc(-c2c(-c3ccccc3)ccc3c2C2(CCCCC2)CCC3(C)C)cc(C(C)C)c1-n1c(-c2[c-]ccc3c2oc2cc(-c4ccccc4)ccc23)nc2ccccc21.C[Si](C)(C)c1ccc(-c2[c-]cccc2)nc1.[Ir]. The quantitative estimate of drug-likeness (QED) is 0.107. The Labute approximate surface area is 489 Å². The van der Waals surface area contributed by atoms with Gasteiger partial charge in [0.05, 0.1) is 30.5 Å². The molecule has 80 heavy (non-hydrogen) atoms. The van der Waals surface area contributed by atoms with Gasteiger partial charge in [-0.2, -0.15) is 0 Å². The molecule has 1 saturated carbocycles. The predicted octanol–water partition coefficient (Wildman–Crippen LogP) is 20.0. The number of aromatic nitrogens is 3. The average molecular weight is 1240 g/mol. The minimum Gasteiger partial charge on any atom is -0.501 e. The first-order chi connectivity index (χ1) is 38.2. The number of hydrogen-bond acceptors (Lipinski definition) is 3. The summed E-state index contributed by atoms with van der Waals surface area (Å²) in [6.07, 6.45) is 11.0. The third kappa shape index (κ3) is 10.2. The van der Waals surface area contributed by atoms with Crippen LogP contribution in [0.25, 0.3) is 94.7 Å². The van der Waals surface area contributed by atoms with E-state index in [1.54, 1.807) is 11.1 Å². The van der Waals surface area contributed by atoms with E-state index in [1.807, 2.05) is 36.5 Å². The largest absolute Gasteiger partial charge is 0.501 e. The van der Waals surface area contributed by atoms with Crippen LogP contribution in [0.1, 0.15) is 121 Å². The van der Waals surface area contributed by atoms with E-state index in [2.05, 4.69) is 228 Å². The molecule has 13 rings (SSSR count). The van der Waals surface area contributed by atoms with E-state index in [1.165, 1.54) is 94.8 Å². The standard InChI is InChI=1S/C60H57N2O.C14H16NSi.Ir/c1-38(2)48-35-43(54-44(41-21-12-8-13-22-41)29-30-50-55(54)60(31-16-9-17-32-60)34-33-59(50,5)6)36-49(39(3)4)56(48)62-52-26-15-14-25-51(52)61-58(62)47-24-18-23-46-45-28-27-42(37-53(45)63-57(46)47)40-19-10-7-11-20-40;1-16(2,3)13-9-10-14(15-11-13)12-7-5-4-6-8-12;/h7-8,10-15,18-23,25-30,35-39H,9,16-17,31-34H2,1-6H3;4-7,9-11H,1-3H3;/q2*-1;. The average Bonchev–Trinajstić information content (AvgIpc) is 4.19. The first-order valence-corrected chi connectivity index (χ1v) is 32.4. The number of imidazole rings is 1. The zero-order valence-corrected chi connectivity index (χ0v) is 51.4. The Balaban J connectivity index is 0.000000342. The van der Waals surface area contributed by atoms with Crippen LogP contribution in [-0.2, 0) is 30.9 Å². The molecule has 0 saturated heterocycles. The van der Waals surface area contributed by atoms with Crippen LogP contribution in [-0.4, -0.2) is 22.6 Å². The monoisotopic (exact) mass is 1240 g/mol. The van der Waals surface area contributed by atoms with Crippen molar-refractivity contribution in [3.63, 3.8) is 0 Å². The number of pyridine rings is 1. The Hall–Kier alpha value is -6.95. The molecule has 405 valence electrons. The van der Waals surface area contributed by atoms with Crippen LogP contribution in [0.5, 0.6) is 0 Å². The minimum absolute atomic E-state index is 0. The van der Waals surface area contributed by atoms with Crippen molar-refractivity contribution in [1.29, 1.82) is 0 Å².